The Morgan fingerprint density at radius 2 is 2.46 bits per heavy atom. The van der Waals surface area contributed by atoms with Crippen LogP contribution in [0.4, 0.5) is 0 Å². The molecular formula is C9H13N3S. The molecule has 2 rings (SSSR count). The molecule has 0 saturated carbocycles. The first kappa shape index (κ1) is 8.97. The van der Waals surface area contributed by atoms with Crippen LogP contribution in [-0.2, 0) is 0 Å². The Morgan fingerprint density at radius 3 is 3.15 bits per heavy atom. The van der Waals surface area contributed by atoms with E-state index in [1.165, 1.54) is 12.8 Å². The standard InChI is InChI=1S/C9H13N3S/c1-2-8(6-10-3-1)13-9-7-11-4-5-12-9/h4-5,7-8,10H,1-3,6H2. The number of thioether (sulfide) groups is 1. The van der Waals surface area contributed by atoms with Gasteiger partial charge in [-0.05, 0) is 19.4 Å². The van der Waals surface area contributed by atoms with E-state index in [1.54, 1.807) is 12.4 Å². The van der Waals surface area contributed by atoms with E-state index in [1.807, 2.05) is 18.0 Å². The molecule has 0 spiro atoms. The maximum absolute atomic E-state index is 4.25. The third kappa shape index (κ3) is 2.67. The maximum Gasteiger partial charge on any atom is 0.115 e. The Labute approximate surface area is 82.4 Å². The van der Waals surface area contributed by atoms with Crippen LogP contribution in [0.3, 0.4) is 0 Å². The molecule has 1 aliphatic rings. The summed E-state index contributed by atoms with van der Waals surface area (Å²) in [6.45, 7) is 2.26. The van der Waals surface area contributed by atoms with Gasteiger partial charge in [-0.3, -0.25) is 4.98 Å². The fourth-order valence-electron chi connectivity index (χ4n) is 1.44. The second-order valence-corrected chi connectivity index (χ2v) is 4.45. The number of nitrogens with one attached hydrogen (secondary N) is 1. The van der Waals surface area contributed by atoms with Gasteiger partial charge in [0.1, 0.15) is 5.03 Å². The quantitative estimate of drug-likeness (QED) is 0.772. The second kappa shape index (κ2) is 4.58. The Hall–Kier alpha value is -0.610. The fraction of sp³-hybridized carbons (Fsp3) is 0.556. The first-order valence-corrected chi connectivity index (χ1v) is 5.46. The molecule has 0 aromatic carbocycles. The molecule has 0 aliphatic carbocycles. The van der Waals surface area contributed by atoms with Crippen molar-refractivity contribution in [3.8, 4) is 0 Å². The smallest absolute Gasteiger partial charge is 0.115 e. The lowest BCUT2D eigenvalue weighted by Gasteiger charge is -2.21. The Balaban J connectivity index is 1.90. The van der Waals surface area contributed by atoms with E-state index in [-0.39, 0.29) is 0 Å². The third-order valence-electron chi connectivity index (χ3n) is 2.08. The van der Waals surface area contributed by atoms with E-state index in [4.69, 9.17) is 0 Å². The molecule has 1 aliphatic heterocycles. The van der Waals surface area contributed by atoms with Gasteiger partial charge in [-0.15, -0.1) is 11.8 Å². The lowest BCUT2D eigenvalue weighted by molar-refractivity contribution is 0.531. The number of piperidine rings is 1. The average molecular weight is 195 g/mol. The van der Waals surface area contributed by atoms with Gasteiger partial charge in [-0.25, -0.2) is 4.98 Å². The summed E-state index contributed by atoms with van der Waals surface area (Å²) < 4.78 is 0. The number of hydrogen-bond donors (Lipinski definition) is 1. The SMILES string of the molecule is c1cnc(SC2CCCNC2)cn1. The molecule has 1 fully saturated rings. The van der Waals surface area contributed by atoms with Crippen molar-refractivity contribution >= 4 is 11.8 Å². The van der Waals surface area contributed by atoms with E-state index in [2.05, 4.69) is 15.3 Å². The van der Waals surface area contributed by atoms with Crippen LogP contribution in [0.1, 0.15) is 12.8 Å². The molecule has 0 amide bonds. The second-order valence-electron chi connectivity index (χ2n) is 3.13. The largest absolute Gasteiger partial charge is 0.316 e. The van der Waals surface area contributed by atoms with Crippen molar-refractivity contribution in [2.75, 3.05) is 13.1 Å². The maximum atomic E-state index is 4.25. The molecule has 2 heterocycles. The minimum atomic E-state index is 0.672. The first-order chi connectivity index (χ1) is 6.45. The van der Waals surface area contributed by atoms with Crippen LogP contribution in [0.2, 0.25) is 0 Å². The number of nitrogens with zero attached hydrogens (tertiary/aromatic N) is 2. The van der Waals surface area contributed by atoms with Crippen LogP contribution in [0.5, 0.6) is 0 Å². The highest BCUT2D eigenvalue weighted by Gasteiger charge is 2.14. The zero-order valence-corrected chi connectivity index (χ0v) is 8.26. The van der Waals surface area contributed by atoms with Crippen molar-refractivity contribution in [3.05, 3.63) is 18.6 Å². The number of hydrogen-bond acceptors (Lipinski definition) is 4. The van der Waals surface area contributed by atoms with Crippen LogP contribution in [0, 0.1) is 0 Å². The number of aromatic nitrogens is 2. The zero-order chi connectivity index (χ0) is 8.93. The topological polar surface area (TPSA) is 37.8 Å². The molecule has 13 heavy (non-hydrogen) atoms. The van der Waals surface area contributed by atoms with Crippen molar-refractivity contribution in [2.45, 2.75) is 23.1 Å². The molecule has 1 N–H and O–H groups in total. The van der Waals surface area contributed by atoms with Gasteiger partial charge in [0.25, 0.3) is 0 Å². The summed E-state index contributed by atoms with van der Waals surface area (Å²) in [6.07, 6.45) is 7.85. The van der Waals surface area contributed by atoms with Gasteiger partial charge >= 0.3 is 0 Å². The summed E-state index contributed by atoms with van der Waals surface area (Å²) in [5, 5.41) is 5.10. The highest BCUT2D eigenvalue weighted by atomic mass is 32.2. The highest BCUT2D eigenvalue weighted by Crippen LogP contribution is 2.24. The summed E-state index contributed by atoms with van der Waals surface area (Å²) >= 11 is 1.83. The molecule has 4 heteroatoms. The minimum Gasteiger partial charge on any atom is -0.316 e. The predicted molar refractivity (Wildman–Crippen MR) is 53.8 cm³/mol. The summed E-state index contributed by atoms with van der Waals surface area (Å²) in [5.74, 6) is 0. The monoisotopic (exact) mass is 195 g/mol. The van der Waals surface area contributed by atoms with Gasteiger partial charge in [0, 0.05) is 24.2 Å². The lowest BCUT2D eigenvalue weighted by atomic mass is 10.2. The molecule has 1 aromatic heterocycles. The summed E-state index contributed by atoms with van der Waals surface area (Å²) in [7, 11) is 0. The van der Waals surface area contributed by atoms with E-state index < -0.39 is 0 Å². The molecular weight excluding hydrogens is 182 g/mol. The van der Waals surface area contributed by atoms with Crippen molar-refractivity contribution in [1.29, 1.82) is 0 Å². The van der Waals surface area contributed by atoms with Crippen molar-refractivity contribution in [3.63, 3.8) is 0 Å². The highest BCUT2D eigenvalue weighted by molar-refractivity contribution is 7.99. The van der Waals surface area contributed by atoms with Gasteiger partial charge in [0.05, 0.1) is 6.20 Å². The Kier molecular flexibility index (Phi) is 3.16. The zero-order valence-electron chi connectivity index (χ0n) is 7.44. The van der Waals surface area contributed by atoms with Gasteiger partial charge in [-0.2, -0.15) is 0 Å². The molecule has 1 aromatic rings. The first-order valence-electron chi connectivity index (χ1n) is 4.58. The van der Waals surface area contributed by atoms with Gasteiger partial charge in [0.2, 0.25) is 0 Å². The summed E-state index contributed by atoms with van der Waals surface area (Å²) in [6, 6.07) is 0. The molecule has 1 atom stereocenters. The molecule has 0 bridgehead atoms. The number of rotatable bonds is 2. The Morgan fingerprint density at radius 1 is 1.46 bits per heavy atom. The van der Waals surface area contributed by atoms with Gasteiger partial charge in [0.15, 0.2) is 0 Å². The predicted octanol–water partition coefficient (Wildman–Crippen LogP) is 1.32. The average Bonchev–Trinajstić information content (AvgIpc) is 2.21. The van der Waals surface area contributed by atoms with Crippen LogP contribution in [0.25, 0.3) is 0 Å². The van der Waals surface area contributed by atoms with Crippen LogP contribution < -0.4 is 5.32 Å². The lowest BCUT2D eigenvalue weighted by Crippen LogP contribution is -2.31. The fourth-order valence-corrected chi connectivity index (χ4v) is 2.51. The van der Waals surface area contributed by atoms with Gasteiger partial charge < -0.3 is 5.32 Å². The van der Waals surface area contributed by atoms with Crippen molar-refractivity contribution < 1.29 is 0 Å². The van der Waals surface area contributed by atoms with Crippen molar-refractivity contribution in [1.82, 2.24) is 15.3 Å². The minimum absolute atomic E-state index is 0.672. The summed E-state index contributed by atoms with van der Waals surface area (Å²) in [4.78, 5) is 8.29. The molecule has 1 saturated heterocycles. The molecule has 3 nitrogen and oxygen atoms in total. The molecule has 70 valence electrons. The van der Waals surface area contributed by atoms with Gasteiger partial charge in [-0.1, -0.05) is 0 Å². The van der Waals surface area contributed by atoms with Crippen LogP contribution in [-0.4, -0.2) is 28.3 Å². The Bertz CT molecular complexity index is 246. The molecule has 0 radical (unpaired) electrons. The van der Waals surface area contributed by atoms with Crippen LogP contribution in [0.15, 0.2) is 23.6 Å². The van der Waals surface area contributed by atoms with E-state index in [0.29, 0.717) is 5.25 Å². The van der Waals surface area contributed by atoms with E-state index in [0.717, 1.165) is 18.1 Å². The van der Waals surface area contributed by atoms with E-state index in [9.17, 15) is 0 Å². The van der Waals surface area contributed by atoms with Crippen LogP contribution >= 0.6 is 11.8 Å². The third-order valence-corrected chi connectivity index (χ3v) is 3.27. The van der Waals surface area contributed by atoms with Crippen molar-refractivity contribution in [2.24, 2.45) is 0 Å². The van der Waals surface area contributed by atoms with E-state index >= 15 is 0 Å². The molecule has 1 unspecified atom stereocenters. The summed E-state index contributed by atoms with van der Waals surface area (Å²) in [5.41, 5.74) is 0. The normalized spacial score (nSPS) is 22.9.